The molecule has 0 atom stereocenters. The van der Waals surface area contributed by atoms with Gasteiger partial charge in [-0.25, -0.2) is 4.98 Å². The van der Waals surface area contributed by atoms with Crippen molar-refractivity contribution in [3.63, 3.8) is 0 Å². The molecule has 8 nitrogen and oxygen atoms in total. The van der Waals surface area contributed by atoms with Gasteiger partial charge in [0.1, 0.15) is 17.3 Å². The predicted octanol–water partition coefficient (Wildman–Crippen LogP) is 6.50. The molecule has 10 heteroatoms. The van der Waals surface area contributed by atoms with Crippen molar-refractivity contribution >= 4 is 57.0 Å². The summed E-state index contributed by atoms with van der Waals surface area (Å²) in [6.45, 7) is 6.61. The second-order valence-corrected chi connectivity index (χ2v) is 9.94. The summed E-state index contributed by atoms with van der Waals surface area (Å²) in [6, 6.07) is 11.5. The van der Waals surface area contributed by atoms with E-state index in [1.807, 2.05) is 30.3 Å². The molecule has 0 radical (unpaired) electrons. The lowest BCUT2D eigenvalue weighted by molar-refractivity contribution is -0.114. The Morgan fingerprint density at radius 3 is 2.38 bits per heavy atom. The number of ketones is 1. The van der Waals surface area contributed by atoms with Gasteiger partial charge in [0.2, 0.25) is 0 Å². The van der Waals surface area contributed by atoms with E-state index < -0.39 is 0 Å². The fraction of sp³-hybridized carbons (Fsp3) is 0.233. The number of halogens is 2. The Bertz CT molecular complexity index is 1560. The van der Waals surface area contributed by atoms with Gasteiger partial charge in [0.05, 0.1) is 43.2 Å². The minimum Gasteiger partial charge on any atom is -0.495 e. The summed E-state index contributed by atoms with van der Waals surface area (Å²) in [5.41, 5.74) is 3.79. The average Bonchev–Trinajstić information content (AvgIpc) is 2.98. The van der Waals surface area contributed by atoms with Crippen molar-refractivity contribution < 1.29 is 19.0 Å². The highest BCUT2D eigenvalue weighted by molar-refractivity contribution is 6.41. The van der Waals surface area contributed by atoms with Crippen LogP contribution >= 0.6 is 23.2 Å². The average molecular weight is 579 g/mol. The summed E-state index contributed by atoms with van der Waals surface area (Å²) in [4.78, 5) is 23.8. The molecular weight excluding hydrogens is 551 g/mol. The SMILES string of the molecule is C=CC(=O)Cc1cc(N2CCOCC2)ccc1Nc1cc2cnc(-c3c(Cl)c(OC)cc(OC)c3Cl)cc2cn1. The molecule has 0 aliphatic carbocycles. The van der Waals surface area contributed by atoms with Crippen molar-refractivity contribution in [3.05, 3.63) is 77.1 Å². The number of carbonyl (C=O) groups excluding carboxylic acids is 1. The third-order valence-electron chi connectivity index (χ3n) is 6.75. The number of morpholine rings is 1. The molecule has 0 bridgehead atoms. The number of benzene rings is 2. The van der Waals surface area contributed by atoms with Crippen LogP contribution in [0.5, 0.6) is 11.5 Å². The zero-order valence-electron chi connectivity index (χ0n) is 22.2. The first-order valence-corrected chi connectivity index (χ1v) is 13.4. The van der Waals surface area contributed by atoms with E-state index in [0.29, 0.717) is 51.8 Å². The first-order valence-electron chi connectivity index (χ1n) is 12.7. The van der Waals surface area contributed by atoms with Gasteiger partial charge in [0.15, 0.2) is 5.78 Å². The van der Waals surface area contributed by atoms with Crippen LogP contribution in [0, 0.1) is 0 Å². The normalized spacial score (nSPS) is 13.2. The number of fused-ring (bicyclic) bond motifs is 1. The van der Waals surface area contributed by atoms with Crippen molar-refractivity contribution in [3.8, 4) is 22.8 Å². The number of nitrogens with zero attached hydrogens (tertiary/aromatic N) is 3. The van der Waals surface area contributed by atoms with E-state index >= 15 is 0 Å². The molecular formula is C30H28Cl2N4O4. The monoisotopic (exact) mass is 578 g/mol. The van der Waals surface area contributed by atoms with E-state index in [0.717, 1.165) is 40.8 Å². The maximum absolute atomic E-state index is 12.3. The number of allylic oxidation sites excluding steroid dienone is 1. The number of methoxy groups -OCH3 is 2. The fourth-order valence-corrected chi connectivity index (χ4v) is 5.31. The number of rotatable bonds is 9. The van der Waals surface area contributed by atoms with Crippen molar-refractivity contribution in [2.45, 2.75) is 6.42 Å². The number of anilines is 3. The summed E-state index contributed by atoms with van der Waals surface area (Å²) in [6.07, 6.45) is 5.06. The third-order valence-corrected chi connectivity index (χ3v) is 7.50. The molecule has 1 aliphatic rings. The lowest BCUT2D eigenvalue weighted by atomic mass is 10.0. The van der Waals surface area contributed by atoms with Gasteiger partial charge in [-0.3, -0.25) is 9.78 Å². The molecule has 3 heterocycles. The summed E-state index contributed by atoms with van der Waals surface area (Å²) < 4.78 is 16.3. The number of aromatic nitrogens is 2. The van der Waals surface area contributed by atoms with E-state index in [4.69, 9.17) is 37.4 Å². The van der Waals surface area contributed by atoms with E-state index in [-0.39, 0.29) is 12.2 Å². The van der Waals surface area contributed by atoms with Gasteiger partial charge < -0.3 is 24.4 Å². The van der Waals surface area contributed by atoms with Crippen molar-refractivity contribution in [1.82, 2.24) is 9.97 Å². The molecule has 40 heavy (non-hydrogen) atoms. The summed E-state index contributed by atoms with van der Waals surface area (Å²) in [5.74, 6) is 1.43. The number of carbonyl (C=O) groups is 1. The van der Waals surface area contributed by atoms with Crippen LogP contribution in [0.4, 0.5) is 17.2 Å². The molecule has 5 rings (SSSR count). The maximum atomic E-state index is 12.3. The Labute approximate surface area is 242 Å². The third kappa shape index (κ3) is 5.70. The number of hydrogen-bond acceptors (Lipinski definition) is 8. The van der Waals surface area contributed by atoms with Gasteiger partial charge in [-0.1, -0.05) is 29.8 Å². The van der Waals surface area contributed by atoms with Gasteiger partial charge in [-0.15, -0.1) is 0 Å². The Hall–Kier alpha value is -3.85. The smallest absolute Gasteiger partial charge is 0.159 e. The molecule has 4 aromatic rings. The van der Waals surface area contributed by atoms with Crippen molar-refractivity contribution in [2.75, 3.05) is 50.7 Å². The van der Waals surface area contributed by atoms with Crippen LogP contribution < -0.4 is 19.7 Å². The molecule has 1 fully saturated rings. The van der Waals surface area contributed by atoms with Gasteiger partial charge >= 0.3 is 0 Å². The number of pyridine rings is 2. The molecule has 0 unspecified atom stereocenters. The topological polar surface area (TPSA) is 85.8 Å². The largest absolute Gasteiger partial charge is 0.495 e. The van der Waals surface area contributed by atoms with Crippen LogP contribution in [0.25, 0.3) is 22.0 Å². The van der Waals surface area contributed by atoms with E-state index in [9.17, 15) is 4.79 Å². The van der Waals surface area contributed by atoms with E-state index in [2.05, 4.69) is 26.8 Å². The predicted molar refractivity (Wildman–Crippen MR) is 160 cm³/mol. The maximum Gasteiger partial charge on any atom is 0.159 e. The second-order valence-electron chi connectivity index (χ2n) is 9.18. The highest BCUT2D eigenvalue weighted by atomic mass is 35.5. The molecule has 1 N–H and O–H groups in total. The summed E-state index contributed by atoms with van der Waals surface area (Å²) in [5, 5.41) is 5.76. The number of ether oxygens (including phenoxy) is 3. The van der Waals surface area contributed by atoms with Crippen LogP contribution in [0.1, 0.15) is 5.56 Å². The number of hydrogen-bond donors (Lipinski definition) is 1. The second kappa shape index (κ2) is 12.1. The highest BCUT2D eigenvalue weighted by Crippen LogP contribution is 2.45. The molecule has 0 amide bonds. The molecule has 0 saturated carbocycles. The van der Waals surface area contributed by atoms with Gasteiger partial charge in [0.25, 0.3) is 0 Å². The van der Waals surface area contributed by atoms with Gasteiger partial charge in [-0.2, -0.15) is 0 Å². The first-order chi connectivity index (χ1) is 19.4. The highest BCUT2D eigenvalue weighted by Gasteiger charge is 2.20. The van der Waals surface area contributed by atoms with E-state index in [1.54, 1.807) is 18.5 Å². The Kier molecular flexibility index (Phi) is 8.40. The van der Waals surface area contributed by atoms with Crippen LogP contribution in [0.3, 0.4) is 0 Å². The minimum absolute atomic E-state index is 0.0585. The Balaban J connectivity index is 1.47. The Morgan fingerprint density at radius 2 is 1.70 bits per heavy atom. The molecule has 206 valence electrons. The van der Waals surface area contributed by atoms with Crippen LogP contribution in [0.2, 0.25) is 10.0 Å². The zero-order valence-corrected chi connectivity index (χ0v) is 23.7. The van der Waals surface area contributed by atoms with Crippen LogP contribution in [-0.2, 0) is 16.0 Å². The van der Waals surface area contributed by atoms with E-state index in [1.165, 1.54) is 20.3 Å². The van der Waals surface area contributed by atoms with Crippen LogP contribution in [-0.4, -0.2) is 56.3 Å². The standard InChI is InChI=1S/C30H28Cl2N4O4/c1-4-22(37)12-18-11-21(36-7-9-40-10-8-36)5-6-23(18)35-27-14-20-16-33-24(13-19(20)17-34-27)28-29(31)25(38-2)15-26(39-3)30(28)32/h4-6,11,13-17H,1,7-10,12H2,2-3H3,(H,34,35). The summed E-state index contributed by atoms with van der Waals surface area (Å²) in [7, 11) is 3.05. The molecule has 2 aromatic heterocycles. The quantitative estimate of drug-likeness (QED) is 0.225. The van der Waals surface area contributed by atoms with Gasteiger partial charge in [0, 0.05) is 65.7 Å². The minimum atomic E-state index is -0.0585. The lowest BCUT2D eigenvalue weighted by Crippen LogP contribution is -2.36. The Morgan fingerprint density at radius 1 is 1.02 bits per heavy atom. The number of nitrogens with one attached hydrogen (secondary N) is 1. The molecule has 1 aliphatic heterocycles. The van der Waals surface area contributed by atoms with Crippen molar-refractivity contribution in [1.29, 1.82) is 0 Å². The summed E-state index contributed by atoms with van der Waals surface area (Å²) >= 11 is 13.2. The fourth-order valence-electron chi connectivity index (χ4n) is 4.62. The zero-order chi connectivity index (χ0) is 28.2. The molecule has 0 spiro atoms. The van der Waals surface area contributed by atoms with Crippen molar-refractivity contribution in [2.24, 2.45) is 0 Å². The lowest BCUT2D eigenvalue weighted by Gasteiger charge is -2.29. The molecule has 2 aromatic carbocycles. The van der Waals surface area contributed by atoms with Crippen LogP contribution in [0.15, 0.2) is 61.4 Å². The first kappa shape index (κ1) is 27.7. The molecule has 1 saturated heterocycles. The van der Waals surface area contributed by atoms with Gasteiger partial charge in [-0.05, 0) is 42.0 Å².